The molecule has 0 aliphatic carbocycles. The third kappa shape index (κ3) is 2.63. The Morgan fingerprint density at radius 2 is 1.77 bits per heavy atom. The molecule has 6 heteroatoms. The molecule has 0 saturated carbocycles. The van der Waals surface area contributed by atoms with E-state index in [1.807, 2.05) is 13.1 Å². The molecule has 2 aromatic heterocycles. The summed E-state index contributed by atoms with van der Waals surface area (Å²) in [5, 5.41) is 0. The molecule has 1 aliphatic rings. The highest BCUT2D eigenvalue weighted by molar-refractivity contribution is 5.44. The van der Waals surface area contributed by atoms with E-state index >= 15 is 0 Å². The van der Waals surface area contributed by atoms with Crippen LogP contribution in [0.2, 0.25) is 0 Å². The second kappa shape index (κ2) is 6.18. The number of imidazole rings is 2. The van der Waals surface area contributed by atoms with Gasteiger partial charge in [0, 0.05) is 26.4 Å². The lowest BCUT2D eigenvalue weighted by Crippen LogP contribution is -2.47. The highest BCUT2D eigenvalue weighted by Gasteiger charge is 2.39. The standard InChI is InChI=1S/C20H33N6/c1-14(2)25-13-19(23(9)16(25)4)24-10-11-26(17(24)5)20(6,7)18-12-21-15(3)22(18)8/h10-14,17H,1-9H3/q+1/t17-/m1/s1. The molecule has 26 heavy (non-hydrogen) atoms. The minimum absolute atomic E-state index is 0.158. The highest BCUT2D eigenvalue weighted by atomic mass is 15.4. The summed E-state index contributed by atoms with van der Waals surface area (Å²) in [7, 11) is 4.23. The largest absolute Gasteiger partial charge is 0.345 e. The number of anilines is 1. The Labute approximate surface area is 157 Å². The first-order valence-electron chi connectivity index (χ1n) is 9.38. The highest BCUT2D eigenvalue weighted by Crippen LogP contribution is 2.35. The van der Waals surface area contributed by atoms with E-state index < -0.39 is 0 Å². The predicted octanol–water partition coefficient (Wildman–Crippen LogP) is 3.12. The Hall–Kier alpha value is -2.24. The first-order valence-corrected chi connectivity index (χ1v) is 9.38. The molecule has 0 spiro atoms. The molecule has 0 radical (unpaired) electrons. The van der Waals surface area contributed by atoms with Crippen LogP contribution in [-0.4, -0.2) is 25.2 Å². The Morgan fingerprint density at radius 3 is 2.27 bits per heavy atom. The van der Waals surface area contributed by atoms with Crippen LogP contribution < -0.4 is 9.47 Å². The second-order valence-electron chi connectivity index (χ2n) is 8.15. The predicted molar refractivity (Wildman–Crippen MR) is 105 cm³/mol. The monoisotopic (exact) mass is 357 g/mol. The summed E-state index contributed by atoms with van der Waals surface area (Å²) in [5.74, 6) is 3.51. The van der Waals surface area contributed by atoms with Crippen molar-refractivity contribution in [2.24, 2.45) is 14.1 Å². The van der Waals surface area contributed by atoms with Crippen LogP contribution in [0.15, 0.2) is 24.8 Å². The first-order chi connectivity index (χ1) is 12.1. The Bertz CT molecular complexity index is 839. The zero-order valence-electron chi connectivity index (χ0n) is 17.6. The molecule has 1 atom stereocenters. The Balaban J connectivity index is 1.94. The maximum atomic E-state index is 4.50. The maximum absolute atomic E-state index is 4.50. The first kappa shape index (κ1) is 18.5. The van der Waals surface area contributed by atoms with Gasteiger partial charge in [-0.25, -0.2) is 14.1 Å². The zero-order valence-corrected chi connectivity index (χ0v) is 17.6. The van der Waals surface area contributed by atoms with Crippen molar-refractivity contribution >= 4 is 5.82 Å². The average Bonchev–Trinajstić information content (AvgIpc) is 3.19. The second-order valence-corrected chi connectivity index (χ2v) is 8.15. The number of rotatable bonds is 4. The van der Waals surface area contributed by atoms with Gasteiger partial charge in [0.25, 0.3) is 5.82 Å². The van der Waals surface area contributed by atoms with Gasteiger partial charge in [0.1, 0.15) is 12.0 Å². The van der Waals surface area contributed by atoms with E-state index in [-0.39, 0.29) is 11.7 Å². The summed E-state index contributed by atoms with van der Waals surface area (Å²) < 4.78 is 6.78. The van der Waals surface area contributed by atoms with E-state index in [0.29, 0.717) is 6.04 Å². The van der Waals surface area contributed by atoms with Crippen molar-refractivity contribution in [3.05, 3.63) is 42.1 Å². The van der Waals surface area contributed by atoms with Crippen molar-refractivity contribution in [3.63, 3.8) is 0 Å². The smallest absolute Gasteiger partial charge is 0.254 e. The molecule has 1 aliphatic heterocycles. The SMILES string of the molecule is Cc1ncc(C(C)(C)N2C=CN(c3c[n+](C(C)C)c(C)n3C)[C@H]2C)n1C. The lowest BCUT2D eigenvalue weighted by atomic mass is 9.98. The summed E-state index contributed by atoms with van der Waals surface area (Å²) >= 11 is 0. The molecule has 142 valence electrons. The Morgan fingerprint density at radius 1 is 1.12 bits per heavy atom. The Kier molecular flexibility index (Phi) is 4.41. The number of aromatic nitrogens is 4. The number of aryl methyl sites for hydroxylation is 1. The quantitative estimate of drug-likeness (QED) is 0.788. The summed E-state index contributed by atoms with van der Waals surface area (Å²) in [6, 6.07) is 0.446. The normalized spacial score (nSPS) is 17.8. The van der Waals surface area contributed by atoms with Gasteiger partial charge in [-0.15, -0.1) is 0 Å². The van der Waals surface area contributed by atoms with E-state index in [1.165, 1.54) is 17.3 Å². The van der Waals surface area contributed by atoms with Crippen molar-refractivity contribution in [1.29, 1.82) is 0 Å². The van der Waals surface area contributed by atoms with Crippen LogP contribution >= 0.6 is 0 Å². The number of hydrogen-bond acceptors (Lipinski definition) is 3. The molecule has 0 N–H and O–H groups in total. The number of hydrogen-bond donors (Lipinski definition) is 0. The van der Waals surface area contributed by atoms with E-state index in [0.717, 1.165) is 5.82 Å². The number of nitrogens with zero attached hydrogens (tertiary/aromatic N) is 6. The van der Waals surface area contributed by atoms with Crippen LogP contribution in [0.1, 0.15) is 58.0 Å². The molecule has 0 aromatic carbocycles. The summed E-state index contributed by atoms with van der Waals surface area (Å²) in [6.45, 7) is 15.4. The van der Waals surface area contributed by atoms with Crippen molar-refractivity contribution in [3.8, 4) is 0 Å². The van der Waals surface area contributed by atoms with Gasteiger partial charge in [0.15, 0.2) is 6.20 Å². The van der Waals surface area contributed by atoms with Gasteiger partial charge in [0.05, 0.1) is 30.5 Å². The van der Waals surface area contributed by atoms with Gasteiger partial charge in [-0.2, -0.15) is 0 Å². The van der Waals surface area contributed by atoms with E-state index in [2.05, 4.69) is 103 Å². The van der Waals surface area contributed by atoms with Crippen molar-refractivity contribution < 1.29 is 4.57 Å². The molecule has 0 fully saturated rings. The average molecular weight is 358 g/mol. The van der Waals surface area contributed by atoms with E-state index in [1.54, 1.807) is 0 Å². The maximum Gasteiger partial charge on any atom is 0.254 e. The summed E-state index contributed by atoms with van der Waals surface area (Å²) in [4.78, 5) is 9.25. The van der Waals surface area contributed by atoms with Crippen LogP contribution in [0.4, 0.5) is 5.82 Å². The van der Waals surface area contributed by atoms with Crippen LogP contribution in [0.3, 0.4) is 0 Å². The van der Waals surface area contributed by atoms with Gasteiger partial charge < -0.3 is 9.47 Å². The van der Waals surface area contributed by atoms with Gasteiger partial charge in [-0.05, 0) is 41.5 Å². The van der Waals surface area contributed by atoms with Gasteiger partial charge in [-0.3, -0.25) is 4.90 Å². The molecule has 3 rings (SSSR count). The third-order valence-corrected chi connectivity index (χ3v) is 5.96. The zero-order chi connectivity index (χ0) is 19.4. The molecule has 0 saturated heterocycles. The van der Waals surface area contributed by atoms with Crippen LogP contribution in [0.5, 0.6) is 0 Å². The fourth-order valence-corrected chi connectivity index (χ4v) is 4.06. The van der Waals surface area contributed by atoms with Crippen molar-refractivity contribution in [1.82, 2.24) is 19.0 Å². The van der Waals surface area contributed by atoms with Crippen LogP contribution in [0, 0.1) is 13.8 Å². The lowest BCUT2D eigenvalue weighted by Gasteiger charge is -2.40. The van der Waals surface area contributed by atoms with Gasteiger partial charge >= 0.3 is 0 Å². The molecule has 3 heterocycles. The molecular weight excluding hydrogens is 324 g/mol. The van der Waals surface area contributed by atoms with Gasteiger partial charge in [-0.1, -0.05) is 0 Å². The molecule has 6 nitrogen and oxygen atoms in total. The van der Waals surface area contributed by atoms with Crippen molar-refractivity contribution in [2.45, 2.75) is 66.2 Å². The van der Waals surface area contributed by atoms with Crippen molar-refractivity contribution in [2.75, 3.05) is 4.90 Å². The third-order valence-electron chi connectivity index (χ3n) is 5.96. The molecule has 0 unspecified atom stereocenters. The van der Waals surface area contributed by atoms with E-state index in [4.69, 9.17) is 0 Å². The van der Waals surface area contributed by atoms with E-state index in [9.17, 15) is 0 Å². The fraction of sp³-hybridized carbons (Fsp3) is 0.600. The topological polar surface area (TPSA) is 33.1 Å². The summed E-state index contributed by atoms with van der Waals surface area (Å²) in [5.41, 5.74) is 1.06. The van der Waals surface area contributed by atoms with Crippen LogP contribution in [0.25, 0.3) is 0 Å². The van der Waals surface area contributed by atoms with Gasteiger partial charge in [0.2, 0.25) is 5.82 Å². The lowest BCUT2D eigenvalue weighted by molar-refractivity contribution is -0.721. The molecule has 0 bridgehead atoms. The molecular formula is C20H33N6+. The molecule has 2 aromatic rings. The van der Waals surface area contributed by atoms with Crippen LogP contribution in [-0.2, 0) is 19.6 Å². The summed E-state index contributed by atoms with van der Waals surface area (Å²) in [6.07, 6.45) is 8.86. The minimum Gasteiger partial charge on any atom is -0.345 e. The minimum atomic E-state index is -0.158. The molecule has 0 amide bonds. The fourth-order valence-electron chi connectivity index (χ4n) is 4.06.